The minimum Gasteiger partial charge on any atom is -0.505 e. The molecule has 76 heavy (non-hydrogen) atoms. The zero-order valence-electron chi connectivity index (χ0n) is 43.9. The highest BCUT2D eigenvalue weighted by Gasteiger charge is 2.28. The second kappa shape index (κ2) is 18.7. The van der Waals surface area contributed by atoms with Gasteiger partial charge >= 0.3 is 0 Å². The molecule has 0 fully saturated rings. The molecule has 12 aromatic carbocycles. The second-order valence-electron chi connectivity index (χ2n) is 20.5. The molecule has 0 saturated heterocycles. The summed E-state index contributed by atoms with van der Waals surface area (Å²) in [5.41, 5.74) is 21.2. The molecule has 0 aliphatic carbocycles. The van der Waals surface area contributed by atoms with E-state index in [4.69, 9.17) is 4.42 Å². The molecular weight excluding hydrogens is 925 g/mol. The SMILES string of the molecule is CCc1ccccc1-c1cccc(-c2cccc(N(c3c(C)cccc3C)c3ccc4ccc5c(N(c6c(C)cccc6C)c6cccc7c6oc6c(-c8ccccc8CC)cccc67)ccc6ccc3c4c65)c2O)c1. The van der Waals surface area contributed by atoms with Crippen LogP contribution in [0.5, 0.6) is 5.75 Å². The molecule has 1 heterocycles. The fourth-order valence-electron chi connectivity index (χ4n) is 12.4. The first kappa shape index (κ1) is 46.7. The second-order valence-corrected chi connectivity index (χ2v) is 20.5. The molecule has 0 aliphatic heterocycles. The maximum absolute atomic E-state index is 12.8. The summed E-state index contributed by atoms with van der Waals surface area (Å²) in [6.45, 7) is 13.2. The Kier molecular flexibility index (Phi) is 11.5. The number of aromatic hydroxyl groups is 1. The predicted octanol–water partition coefficient (Wildman–Crippen LogP) is 20.5. The number of benzene rings is 12. The third-order valence-corrected chi connectivity index (χ3v) is 16.0. The number of furan rings is 1. The van der Waals surface area contributed by atoms with Crippen molar-refractivity contribution in [2.45, 2.75) is 54.4 Å². The van der Waals surface area contributed by atoms with Crippen molar-refractivity contribution in [3.8, 4) is 39.1 Å². The number of nitrogens with zero attached hydrogens (tertiary/aromatic N) is 2. The van der Waals surface area contributed by atoms with Crippen molar-refractivity contribution < 1.29 is 9.52 Å². The summed E-state index contributed by atoms with van der Waals surface area (Å²) in [6, 6.07) is 76.5. The first-order valence-electron chi connectivity index (χ1n) is 26.7. The Hall–Kier alpha value is -9.12. The molecular formula is C72H58N2O2. The predicted molar refractivity (Wildman–Crippen MR) is 322 cm³/mol. The van der Waals surface area contributed by atoms with Crippen LogP contribution in [0.25, 0.3) is 87.6 Å². The van der Waals surface area contributed by atoms with Gasteiger partial charge in [-0.1, -0.05) is 196 Å². The molecule has 1 N–H and O–H groups in total. The average molecular weight is 983 g/mol. The van der Waals surface area contributed by atoms with Crippen LogP contribution in [0.15, 0.2) is 217 Å². The number of para-hydroxylation sites is 5. The van der Waals surface area contributed by atoms with E-state index in [1.54, 1.807) is 0 Å². The van der Waals surface area contributed by atoms with Crippen molar-refractivity contribution in [1.82, 2.24) is 0 Å². The Labute approximate surface area is 444 Å². The average Bonchev–Trinajstić information content (AvgIpc) is 3.92. The number of hydrogen-bond acceptors (Lipinski definition) is 4. The van der Waals surface area contributed by atoms with Crippen LogP contribution in [0.4, 0.5) is 34.1 Å². The van der Waals surface area contributed by atoms with Gasteiger partial charge in [-0.3, -0.25) is 0 Å². The van der Waals surface area contributed by atoms with Gasteiger partial charge < -0.3 is 19.3 Å². The number of fused-ring (bicyclic) bond motifs is 3. The summed E-state index contributed by atoms with van der Waals surface area (Å²) in [6.07, 6.45) is 1.87. The molecule has 0 saturated carbocycles. The van der Waals surface area contributed by atoms with Crippen LogP contribution in [0.2, 0.25) is 0 Å². The molecule has 4 nitrogen and oxygen atoms in total. The molecule has 1 aromatic heterocycles. The van der Waals surface area contributed by atoms with Crippen LogP contribution >= 0.6 is 0 Å². The van der Waals surface area contributed by atoms with E-state index in [0.717, 1.165) is 118 Å². The Bertz CT molecular complexity index is 4370. The van der Waals surface area contributed by atoms with Crippen LogP contribution in [-0.2, 0) is 12.8 Å². The number of rotatable bonds is 11. The number of phenols is 1. The molecule has 4 heteroatoms. The van der Waals surface area contributed by atoms with Crippen molar-refractivity contribution in [2.24, 2.45) is 0 Å². The zero-order valence-corrected chi connectivity index (χ0v) is 43.9. The van der Waals surface area contributed by atoms with Gasteiger partial charge in [0.05, 0.1) is 34.1 Å². The summed E-state index contributed by atoms with van der Waals surface area (Å²) in [5.74, 6) is 0.227. The summed E-state index contributed by atoms with van der Waals surface area (Å²) < 4.78 is 7.26. The molecule has 368 valence electrons. The van der Waals surface area contributed by atoms with E-state index < -0.39 is 0 Å². The standard InChI is InChI=1S/C72H58N2O2/c1-7-48-23-9-11-27-54(48)52-25-15-26-53(43-52)56-29-17-33-64(70(56)75)73(68-44(3)19-13-20-45(68)4)62-41-37-50-36-40-61-63(42-38-51-35-39-60(62)66(50)67(51)61)74(69-46(5)21-14-22-47(69)6)65-34-18-32-59-58-31-16-30-57(71(58)76-72(59)65)55-28-12-10-24-49(55)8-2/h9-43,75H,7-8H2,1-6H3. The molecule has 0 radical (unpaired) electrons. The van der Waals surface area contributed by atoms with Gasteiger partial charge in [0.1, 0.15) is 11.3 Å². The Balaban J connectivity index is 1.04. The first-order valence-corrected chi connectivity index (χ1v) is 26.7. The largest absolute Gasteiger partial charge is 0.505 e. The monoisotopic (exact) mass is 982 g/mol. The molecule has 0 bridgehead atoms. The van der Waals surface area contributed by atoms with Crippen LogP contribution in [0.1, 0.15) is 47.2 Å². The van der Waals surface area contributed by atoms with E-state index in [1.165, 1.54) is 44.2 Å². The molecule has 0 atom stereocenters. The third-order valence-electron chi connectivity index (χ3n) is 16.0. The van der Waals surface area contributed by atoms with Crippen LogP contribution < -0.4 is 9.80 Å². The van der Waals surface area contributed by atoms with E-state index >= 15 is 0 Å². The van der Waals surface area contributed by atoms with Gasteiger partial charge in [0.25, 0.3) is 0 Å². The summed E-state index contributed by atoms with van der Waals surface area (Å²) in [5, 5.41) is 21.9. The Morgan fingerprint density at radius 2 is 0.789 bits per heavy atom. The third kappa shape index (κ3) is 7.42. The lowest BCUT2D eigenvalue weighted by atomic mass is 9.91. The van der Waals surface area contributed by atoms with Crippen LogP contribution in [0, 0.1) is 27.7 Å². The van der Waals surface area contributed by atoms with Gasteiger partial charge in [-0.15, -0.1) is 0 Å². The molecule has 0 unspecified atom stereocenters. The van der Waals surface area contributed by atoms with Crippen LogP contribution in [-0.4, -0.2) is 5.11 Å². The van der Waals surface area contributed by atoms with Gasteiger partial charge in [0.2, 0.25) is 0 Å². The van der Waals surface area contributed by atoms with Gasteiger partial charge in [-0.25, -0.2) is 0 Å². The summed E-state index contributed by atoms with van der Waals surface area (Å²) >= 11 is 0. The molecule has 0 aliphatic rings. The van der Waals surface area contributed by atoms with Gasteiger partial charge in [0.15, 0.2) is 5.58 Å². The Morgan fingerprint density at radius 1 is 0.355 bits per heavy atom. The minimum absolute atomic E-state index is 0.227. The number of anilines is 6. The van der Waals surface area contributed by atoms with E-state index in [-0.39, 0.29) is 5.75 Å². The van der Waals surface area contributed by atoms with E-state index in [0.29, 0.717) is 5.69 Å². The quantitative estimate of drug-likeness (QED) is 0.131. The fourth-order valence-corrected chi connectivity index (χ4v) is 12.4. The lowest BCUT2D eigenvalue weighted by Crippen LogP contribution is -2.14. The highest BCUT2D eigenvalue weighted by Crippen LogP contribution is 2.53. The minimum atomic E-state index is 0.227. The van der Waals surface area contributed by atoms with Crippen molar-refractivity contribution in [2.75, 3.05) is 9.80 Å². The molecule has 13 rings (SSSR count). The Morgan fingerprint density at radius 3 is 1.39 bits per heavy atom. The van der Waals surface area contributed by atoms with Gasteiger partial charge in [-0.05, 0) is 148 Å². The molecule has 0 spiro atoms. The number of phenolic OH excluding ortho intramolecular Hbond substituents is 1. The van der Waals surface area contributed by atoms with Crippen molar-refractivity contribution in [3.05, 3.63) is 246 Å². The van der Waals surface area contributed by atoms with E-state index in [9.17, 15) is 5.11 Å². The topological polar surface area (TPSA) is 39.9 Å². The van der Waals surface area contributed by atoms with Crippen molar-refractivity contribution in [1.29, 1.82) is 0 Å². The highest BCUT2D eigenvalue weighted by molar-refractivity contribution is 6.28. The zero-order chi connectivity index (χ0) is 51.8. The maximum atomic E-state index is 12.8. The van der Waals surface area contributed by atoms with Crippen molar-refractivity contribution >= 4 is 88.4 Å². The van der Waals surface area contributed by atoms with Gasteiger partial charge in [-0.2, -0.15) is 0 Å². The first-order chi connectivity index (χ1) is 37.2. The normalized spacial score (nSPS) is 11.7. The van der Waals surface area contributed by atoms with Gasteiger partial charge in [0, 0.05) is 32.7 Å². The van der Waals surface area contributed by atoms with E-state index in [1.807, 2.05) is 6.07 Å². The maximum Gasteiger partial charge on any atom is 0.159 e. The van der Waals surface area contributed by atoms with Crippen LogP contribution in [0.3, 0.4) is 0 Å². The smallest absolute Gasteiger partial charge is 0.159 e. The van der Waals surface area contributed by atoms with Crippen molar-refractivity contribution in [3.63, 3.8) is 0 Å². The summed E-state index contributed by atoms with van der Waals surface area (Å²) in [4.78, 5) is 4.75. The van der Waals surface area contributed by atoms with E-state index in [2.05, 4.69) is 258 Å². The lowest BCUT2D eigenvalue weighted by Gasteiger charge is -2.32. The number of aryl methyl sites for hydroxylation is 6. The lowest BCUT2D eigenvalue weighted by molar-refractivity contribution is 0.478. The number of hydrogen-bond donors (Lipinski definition) is 1. The summed E-state index contributed by atoms with van der Waals surface area (Å²) in [7, 11) is 0. The highest BCUT2D eigenvalue weighted by atomic mass is 16.3. The molecule has 0 amide bonds. The fraction of sp³-hybridized carbons (Fsp3) is 0.111. The molecule has 13 aromatic rings.